The SMILES string of the molecule is Cc1cc([C@@](C)(O)C#Cc2sc3c(c2C)SC[C@H](NC(=O)c2nnc(Cc4ccccc4)[nH]2)C(=O)N3C)no1. The number of aryl methyl sites for hydroxylation is 1. The van der Waals surface area contributed by atoms with Crippen molar-refractivity contribution in [2.75, 3.05) is 17.7 Å². The summed E-state index contributed by atoms with van der Waals surface area (Å²) in [4.78, 5) is 32.4. The van der Waals surface area contributed by atoms with Gasteiger partial charge in [-0.25, -0.2) is 0 Å². The highest BCUT2D eigenvalue weighted by atomic mass is 32.2. The number of carbonyl (C=O) groups is 2. The number of aliphatic hydroxyl groups is 1. The van der Waals surface area contributed by atoms with Crippen molar-refractivity contribution in [1.29, 1.82) is 0 Å². The lowest BCUT2D eigenvalue weighted by atomic mass is 10.0. The number of likely N-dealkylation sites (N-methyl/N-ethyl adjacent to an activating group) is 1. The van der Waals surface area contributed by atoms with Crippen molar-refractivity contribution in [1.82, 2.24) is 25.7 Å². The third-order valence-electron chi connectivity index (χ3n) is 6.22. The molecular formula is C27H26N6O4S2. The van der Waals surface area contributed by atoms with Crippen LogP contribution in [0.2, 0.25) is 0 Å². The highest BCUT2D eigenvalue weighted by Crippen LogP contribution is 2.44. The standard InChI is InChI=1S/C27H26N6O4S2/c1-15-12-20(32-37-15)27(3,36)11-10-19-16(2)22-26(39-19)33(4)25(35)18(14-38-22)28-24(34)23-29-21(30-31-23)13-17-8-6-5-7-9-17/h5-9,12,18,36H,13-14H2,1-4H3,(H,28,34)(H,29,30,31)/t18-,27-/m0/s1. The number of fused-ring (bicyclic) bond motifs is 1. The number of nitrogens with one attached hydrogen (secondary N) is 2. The van der Waals surface area contributed by atoms with Gasteiger partial charge in [0, 0.05) is 30.2 Å². The van der Waals surface area contributed by atoms with Crippen LogP contribution in [0.3, 0.4) is 0 Å². The molecule has 0 radical (unpaired) electrons. The number of nitrogens with zero attached hydrogens (tertiary/aromatic N) is 4. The molecule has 3 aromatic heterocycles. The highest BCUT2D eigenvalue weighted by Gasteiger charge is 2.33. The molecule has 2 atom stereocenters. The summed E-state index contributed by atoms with van der Waals surface area (Å²) in [5.41, 5.74) is 0.798. The molecule has 1 aromatic carbocycles. The van der Waals surface area contributed by atoms with Gasteiger partial charge in [-0.15, -0.1) is 33.3 Å². The Bertz CT molecular complexity index is 1590. The normalized spacial score (nSPS) is 16.6. The first-order valence-corrected chi connectivity index (χ1v) is 13.9. The molecule has 0 unspecified atom stereocenters. The van der Waals surface area contributed by atoms with Gasteiger partial charge >= 0.3 is 0 Å². The Labute approximate surface area is 233 Å². The first-order chi connectivity index (χ1) is 18.6. The van der Waals surface area contributed by atoms with Crippen molar-refractivity contribution in [3.63, 3.8) is 0 Å². The molecule has 2 amide bonds. The third-order valence-corrected chi connectivity index (χ3v) is 8.92. The number of H-pyrrole nitrogens is 1. The Morgan fingerprint density at radius 3 is 2.79 bits per heavy atom. The number of thiophene rings is 1. The summed E-state index contributed by atoms with van der Waals surface area (Å²) in [5.74, 6) is 6.74. The second-order valence-corrected chi connectivity index (χ2v) is 11.4. The molecule has 0 fully saturated rings. The molecule has 39 heavy (non-hydrogen) atoms. The Kier molecular flexibility index (Phi) is 7.31. The van der Waals surface area contributed by atoms with E-state index in [1.165, 1.54) is 23.1 Å². The zero-order valence-electron chi connectivity index (χ0n) is 21.7. The monoisotopic (exact) mass is 562 g/mol. The van der Waals surface area contributed by atoms with E-state index in [-0.39, 0.29) is 11.7 Å². The predicted octanol–water partition coefficient (Wildman–Crippen LogP) is 3.19. The van der Waals surface area contributed by atoms with Gasteiger partial charge in [0.15, 0.2) is 5.60 Å². The summed E-state index contributed by atoms with van der Waals surface area (Å²) in [6.07, 6.45) is 0.514. The van der Waals surface area contributed by atoms with Crippen LogP contribution in [-0.4, -0.2) is 56.1 Å². The number of anilines is 1. The summed E-state index contributed by atoms with van der Waals surface area (Å²) in [7, 11) is 1.68. The summed E-state index contributed by atoms with van der Waals surface area (Å²) in [5, 5.41) is 26.2. The second kappa shape index (κ2) is 10.7. The topological polar surface area (TPSA) is 137 Å². The highest BCUT2D eigenvalue weighted by molar-refractivity contribution is 7.99. The fraction of sp³-hybridized carbons (Fsp3) is 0.296. The van der Waals surface area contributed by atoms with Crippen LogP contribution in [0.1, 0.15) is 50.8 Å². The van der Waals surface area contributed by atoms with Gasteiger partial charge < -0.3 is 24.8 Å². The number of benzene rings is 1. The molecular weight excluding hydrogens is 536 g/mol. The molecule has 3 N–H and O–H groups in total. The molecule has 0 aliphatic carbocycles. The Hall–Kier alpha value is -3.92. The van der Waals surface area contributed by atoms with E-state index in [2.05, 4.69) is 37.5 Å². The summed E-state index contributed by atoms with van der Waals surface area (Å²) in [6, 6.07) is 10.6. The minimum Gasteiger partial charge on any atom is -0.372 e. The lowest BCUT2D eigenvalue weighted by molar-refractivity contribution is -0.119. The molecule has 4 heterocycles. The quantitative estimate of drug-likeness (QED) is 0.316. The lowest BCUT2D eigenvalue weighted by Crippen LogP contribution is -2.48. The number of thioether (sulfide) groups is 1. The molecule has 0 spiro atoms. The van der Waals surface area contributed by atoms with Crippen molar-refractivity contribution >= 4 is 39.9 Å². The van der Waals surface area contributed by atoms with E-state index in [1.807, 2.05) is 37.3 Å². The zero-order valence-corrected chi connectivity index (χ0v) is 23.4. The van der Waals surface area contributed by atoms with Crippen LogP contribution in [0.4, 0.5) is 5.00 Å². The molecule has 0 saturated carbocycles. The van der Waals surface area contributed by atoms with Crippen LogP contribution in [0.5, 0.6) is 0 Å². The minimum atomic E-state index is -1.49. The van der Waals surface area contributed by atoms with Gasteiger partial charge in [-0.3, -0.25) is 9.59 Å². The van der Waals surface area contributed by atoms with E-state index in [9.17, 15) is 14.7 Å². The van der Waals surface area contributed by atoms with Gasteiger partial charge in [0.25, 0.3) is 11.8 Å². The molecule has 1 aliphatic rings. The van der Waals surface area contributed by atoms with Crippen LogP contribution in [0.25, 0.3) is 0 Å². The molecule has 12 heteroatoms. The van der Waals surface area contributed by atoms with E-state index < -0.39 is 17.6 Å². The maximum absolute atomic E-state index is 13.3. The third kappa shape index (κ3) is 5.61. The van der Waals surface area contributed by atoms with Gasteiger partial charge in [-0.1, -0.05) is 47.3 Å². The van der Waals surface area contributed by atoms with E-state index in [0.29, 0.717) is 29.5 Å². The van der Waals surface area contributed by atoms with Crippen molar-refractivity contribution in [3.05, 3.63) is 75.5 Å². The minimum absolute atomic E-state index is 0.0588. The summed E-state index contributed by atoms with van der Waals surface area (Å²) >= 11 is 2.84. The van der Waals surface area contributed by atoms with Gasteiger partial charge in [0.05, 0.1) is 4.88 Å². The van der Waals surface area contributed by atoms with Gasteiger partial charge in [-0.05, 0) is 31.9 Å². The molecule has 200 valence electrons. The molecule has 5 rings (SSSR count). The maximum atomic E-state index is 13.3. The Balaban J connectivity index is 1.29. The van der Waals surface area contributed by atoms with Crippen LogP contribution in [0.15, 0.2) is 45.8 Å². The number of amides is 2. The first kappa shape index (κ1) is 26.7. The fourth-order valence-corrected chi connectivity index (χ4v) is 6.53. The summed E-state index contributed by atoms with van der Waals surface area (Å²) < 4.78 is 5.06. The van der Waals surface area contributed by atoms with Crippen molar-refractivity contribution in [2.45, 2.75) is 43.7 Å². The smallest absolute Gasteiger partial charge is 0.289 e. The Morgan fingerprint density at radius 1 is 1.31 bits per heavy atom. The molecule has 4 aromatic rings. The molecule has 10 nitrogen and oxygen atoms in total. The summed E-state index contributed by atoms with van der Waals surface area (Å²) in [6.45, 7) is 5.23. The van der Waals surface area contributed by atoms with Crippen LogP contribution in [0, 0.1) is 25.7 Å². The van der Waals surface area contributed by atoms with E-state index in [4.69, 9.17) is 4.52 Å². The first-order valence-electron chi connectivity index (χ1n) is 12.1. The van der Waals surface area contributed by atoms with Gasteiger partial charge in [0.2, 0.25) is 5.82 Å². The maximum Gasteiger partial charge on any atom is 0.289 e. The van der Waals surface area contributed by atoms with E-state index >= 15 is 0 Å². The van der Waals surface area contributed by atoms with E-state index in [0.717, 1.165) is 25.9 Å². The average molecular weight is 563 g/mol. The van der Waals surface area contributed by atoms with Crippen molar-refractivity contribution < 1.29 is 19.2 Å². The van der Waals surface area contributed by atoms with Crippen molar-refractivity contribution in [2.24, 2.45) is 0 Å². The van der Waals surface area contributed by atoms with Crippen molar-refractivity contribution in [3.8, 4) is 11.8 Å². The van der Waals surface area contributed by atoms with Gasteiger partial charge in [0.1, 0.15) is 28.3 Å². The zero-order chi connectivity index (χ0) is 27.7. The molecule has 0 saturated heterocycles. The second-order valence-electron chi connectivity index (χ2n) is 9.35. The van der Waals surface area contributed by atoms with E-state index in [1.54, 1.807) is 31.9 Å². The molecule has 1 aliphatic heterocycles. The van der Waals surface area contributed by atoms with Crippen LogP contribution < -0.4 is 10.2 Å². The number of aromatic amines is 1. The van der Waals surface area contributed by atoms with Crippen LogP contribution in [-0.2, 0) is 16.8 Å². The fourth-order valence-electron chi connectivity index (χ4n) is 4.00. The number of hydrogen-bond acceptors (Lipinski definition) is 9. The van der Waals surface area contributed by atoms with Gasteiger partial charge in [-0.2, -0.15) is 0 Å². The number of aromatic nitrogens is 4. The average Bonchev–Trinajstić information content (AvgIpc) is 3.63. The number of hydrogen-bond donors (Lipinski definition) is 3. The predicted molar refractivity (Wildman–Crippen MR) is 148 cm³/mol. The number of rotatable bonds is 5. The largest absolute Gasteiger partial charge is 0.372 e. The van der Waals surface area contributed by atoms with Crippen LogP contribution >= 0.6 is 23.1 Å². The number of carbonyl (C=O) groups excluding carboxylic acids is 2. The Morgan fingerprint density at radius 2 is 2.08 bits per heavy atom. The molecule has 0 bridgehead atoms. The lowest BCUT2D eigenvalue weighted by Gasteiger charge is -2.20.